The number of carbonyl (C=O) groups excluding carboxylic acids is 2. The van der Waals surface area contributed by atoms with Crippen LogP contribution in [-0.4, -0.2) is 35.3 Å². The van der Waals surface area contributed by atoms with Crippen LogP contribution in [0.1, 0.15) is 48.2 Å². The maximum Gasteiger partial charge on any atom is 0.573 e. The molecule has 1 amide bonds. The third-order valence-electron chi connectivity index (χ3n) is 6.20. The molecular weight excluding hydrogens is 501 g/mol. The first-order chi connectivity index (χ1) is 17.9. The van der Waals surface area contributed by atoms with E-state index in [1.54, 1.807) is 37.3 Å². The molecule has 1 atom stereocenters. The van der Waals surface area contributed by atoms with E-state index in [0.717, 1.165) is 22.6 Å². The zero-order valence-corrected chi connectivity index (χ0v) is 21.0. The Balaban J connectivity index is 1.94. The van der Waals surface area contributed by atoms with Crippen molar-refractivity contribution in [3.05, 3.63) is 88.8 Å². The molecule has 4 rings (SSSR count). The van der Waals surface area contributed by atoms with Crippen LogP contribution >= 0.6 is 0 Å². The third kappa shape index (κ3) is 5.06. The van der Waals surface area contributed by atoms with Gasteiger partial charge in [-0.3, -0.25) is 19.5 Å². The van der Waals surface area contributed by atoms with Crippen molar-refractivity contribution in [3.8, 4) is 11.5 Å². The summed E-state index contributed by atoms with van der Waals surface area (Å²) in [5, 5.41) is 11.5. The highest BCUT2D eigenvalue weighted by Gasteiger charge is 2.48. The lowest BCUT2D eigenvalue weighted by molar-refractivity contribution is -0.274. The first kappa shape index (κ1) is 26.7. The van der Waals surface area contributed by atoms with Gasteiger partial charge in [-0.2, -0.15) is 0 Å². The lowest BCUT2D eigenvalue weighted by Gasteiger charge is -2.25. The number of aromatic nitrogens is 1. The fourth-order valence-electron chi connectivity index (χ4n) is 4.47. The van der Waals surface area contributed by atoms with Gasteiger partial charge >= 0.3 is 6.36 Å². The number of aliphatic hydroxyl groups excluding tert-OH is 1. The molecule has 0 saturated carbocycles. The van der Waals surface area contributed by atoms with Crippen LogP contribution in [0.2, 0.25) is 0 Å². The number of ether oxygens (including phenoxy) is 2. The molecule has 198 valence electrons. The van der Waals surface area contributed by atoms with Gasteiger partial charge in [0.15, 0.2) is 0 Å². The van der Waals surface area contributed by atoms with E-state index >= 15 is 0 Å². The third-order valence-corrected chi connectivity index (χ3v) is 6.20. The van der Waals surface area contributed by atoms with Gasteiger partial charge in [-0.05, 0) is 60.4 Å². The van der Waals surface area contributed by atoms with Crippen molar-refractivity contribution in [3.63, 3.8) is 0 Å². The quantitative estimate of drug-likeness (QED) is 0.239. The lowest BCUT2D eigenvalue weighted by atomic mass is 9.92. The Kier molecular flexibility index (Phi) is 7.17. The first-order valence-electron chi connectivity index (χ1n) is 11.7. The fraction of sp³-hybridized carbons (Fsp3) is 0.250. The van der Waals surface area contributed by atoms with Crippen LogP contribution in [-0.2, 0) is 9.59 Å². The largest absolute Gasteiger partial charge is 0.573 e. The average Bonchev–Trinajstić information content (AvgIpc) is 3.13. The Morgan fingerprint density at radius 2 is 1.82 bits per heavy atom. The zero-order chi connectivity index (χ0) is 27.8. The molecule has 0 aliphatic carbocycles. The number of carbonyl (C=O) groups is 2. The van der Waals surface area contributed by atoms with E-state index in [-0.39, 0.29) is 22.9 Å². The normalized spacial score (nSPS) is 17.3. The summed E-state index contributed by atoms with van der Waals surface area (Å²) in [6.07, 6.45) is -3.50. The van der Waals surface area contributed by atoms with Crippen LogP contribution in [0.5, 0.6) is 11.5 Å². The molecule has 7 nitrogen and oxygen atoms in total. The molecule has 1 aromatic heterocycles. The predicted molar refractivity (Wildman–Crippen MR) is 134 cm³/mol. The van der Waals surface area contributed by atoms with Gasteiger partial charge in [0.05, 0.1) is 18.4 Å². The average molecular weight is 527 g/mol. The number of benzene rings is 2. The summed E-state index contributed by atoms with van der Waals surface area (Å²) < 4.78 is 48.0. The number of pyridine rings is 1. The maximum absolute atomic E-state index is 13.4. The Hall–Kier alpha value is -4.34. The van der Waals surface area contributed by atoms with Crippen LogP contribution < -0.4 is 14.4 Å². The lowest BCUT2D eigenvalue weighted by Crippen LogP contribution is -2.30. The number of alkyl halides is 3. The van der Waals surface area contributed by atoms with Gasteiger partial charge in [0, 0.05) is 23.5 Å². The summed E-state index contributed by atoms with van der Waals surface area (Å²) in [6.45, 7) is 5.62. The van der Waals surface area contributed by atoms with Crippen LogP contribution in [0.25, 0.3) is 5.76 Å². The highest BCUT2D eigenvalue weighted by Crippen LogP contribution is 2.43. The van der Waals surface area contributed by atoms with E-state index in [0.29, 0.717) is 16.9 Å². The number of hydrogen-bond acceptors (Lipinski definition) is 6. The molecule has 0 spiro atoms. The van der Waals surface area contributed by atoms with Gasteiger partial charge in [-0.25, -0.2) is 0 Å². The SMILES string of the molecule is COc1cc(C)c(/C(O)=C2\C(=O)C(=O)N(c3cccc(OC(F)(F)F)c3)C2c2ccccn2)cc1C(C)C. The van der Waals surface area contributed by atoms with Crippen molar-refractivity contribution in [1.29, 1.82) is 0 Å². The van der Waals surface area contributed by atoms with E-state index in [2.05, 4.69) is 9.72 Å². The number of hydrogen-bond donors (Lipinski definition) is 1. The van der Waals surface area contributed by atoms with Gasteiger partial charge in [0.25, 0.3) is 11.7 Å². The minimum atomic E-state index is -4.95. The first-order valence-corrected chi connectivity index (χ1v) is 11.7. The molecule has 10 heteroatoms. The van der Waals surface area contributed by atoms with Crippen LogP contribution in [0, 0.1) is 6.92 Å². The molecule has 1 aliphatic heterocycles. The van der Waals surface area contributed by atoms with E-state index in [1.165, 1.54) is 25.4 Å². The molecule has 0 bridgehead atoms. The topological polar surface area (TPSA) is 89.0 Å². The molecule has 1 saturated heterocycles. The Labute approximate surface area is 217 Å². The summed E-state index contributed by atoms with van der Waals surface area (Å²) in [6, 6.07) is 11.8. The molecule has 3 aromatic rings. The highest BCUT2D eigenvalue weighted by molar-refractivity contribution is 6.51. The van der Waals surface area contributed by atoms with Crippen molar-refractivity contribution in [2.45, 2.75) is 39.1 Å². The van der Waals surface area contributed by atoms with E-state index in [4.69, 9.17) is 4.74 Å². The van der Waals surface area contributed by atoms with Gasteiger partial charge in [-0.15, -0.1) is 13.2 Å². The molecule has 1 fully saturated rings. The predicted octanol–water partition coefficient (Wildman–Crippen LogP) is 6.05. The second kappa shape index (κ2) is 10.2. The second-order valence-corrected chi connectivity index (χ2v) is 9.03. The Morgan fingerprint density at radius 1 is 1.08 bits per heavy atom. The van der Waals surface area contributed by atoms with Crippen LogP contribution in [0.3, 0.4) is 0 Å². The molecule has 1 unspecified atom stereocenters. The number of ketones is 1. The fourth-order valence-corrected chi connectivity index (χ4v) is 4.47. The number of halogens is 3. The van der Waals surface area contributed by atoms with Gasteiger partial charge in [-0.1, -0.05) is 26.0 Å². The van der Waals surface area contributed by atoms with Crippen LogP contribution in [0.15, 0.2) is 66.4 Å². The summed E-state index contributed by atoms with van der Waals surface area (Å²) in [5.74, 6) is -2.39. The summed E-state index contributed by atoms with van der Waals surface area (Å²) in [4.78, 5) is 32.0. The standard InChI is InChI=1S/C28H25F3N2O5/c1-15(2)19-14-20(16(3)12-22(19)37-4)25(34)23-24(21-10-5-6-11-32-21)33(27(36)26(23)35)17-8-7-9-18(13-17)38-28(29,30)31/h5-15,24,34H,1-4H3/b25-23+. The highest BCUT2D eigenvalue weighted by atomic mass is 19.4. The number of nitrogens with zero attached hydrogens (tertiary/aromatic N) is 2. The smallest absolute Gasteiger partial charge is 0.507 e. The summed E-state index contributed by atoms with van der Waals surface area (Å²) in [5.41, 5.74) is 1.67. The number of rotatable bonds is 6. The molecular formula is C28H25F3N2O5. The Bertz CT molecular complexity index is 1420. The van der Waals surface area contributed by atoms with Gasteiger partial charge < -0.3 is 14.6 Å². The number of Topliss-reactive ketones (excluding diaryl/α,β-unsaturated/α-hetero) is 1. The van der Waals surface area contributed by atoms with E-state index in [1.807, 2.05) is 13.8 Å². The zero-order valence-electron chi connectivity index (χ0n) is 21.0. The van der Waals surface area contributed by atoms with E-state index < -0.39 is 35.6 Å². The van der Waals surface area contributed by atoms with Crippen molar-refractivity contribution >= 4 is 23.1 Å². The summed E-state index contributed by atoms with van der Waals surface area (Å²) >= 11 is 0. The number of amides is 1. The van der Waals surface area contributed by atoms with Crippen molar-refractivity contribution in [1.82, 2.24) is 4.98 Å². The van der Waals surface area contributed by atoms with Crippen molar-refractivity contribution in [2.75, 3.05) is 12.0 Å². The van der Waals surface area contributed by atoms with Gasteiger partial charge in [0.2, 0.25) is 0 Å². The second-order valence-electron chi connectivity index (χ2n) is 9.03. The molecule has 2 aromatic carbocycles. The minimum absolute atomic E-state index is 0.0162. The molecule has 0 radical (unpaired) electrons. The molecule has 1 aliphatic rings. The number of aryl methyl sites for hydroxylation is 1. The minimum Gasteiger partial charge on any atom is -0.507 e. The Morgan fingerprint density at radius 3 is 2.42 bits per heavy atom. The molecule has 1 N–H and O–H groups in total. The molecule has 38 heavy (non-hydrogen) atoms. The van der Waals surface area contributed by atoms with E-state index in [9.17, 15) is 27.9 Å². The monoisotopic (exact) mass is 526 g/mol. The number of anilines is 1. The van der Waals surface area contributed by atoms with Crippen molar-refractivity contribution < 1.29 is 37.3 Å². The van der Waals surface area contributed by atoms with Gasteiger partial charge in [0.1, 0.15) is 23.3 Å². The number of aliphatic hydroxyl groups is 1. The maximum atomic E-state index is 13.4. The number of methoxy groups -OCH3 is 1. The summed E-state index contributed by atoms with van der Waals surface area (Å²) in [7, 11) is 1.53. The van der Waals surface area contributed by atoms with Crippen molar-refractivity contribution in [2.24, 2.45) is 0 Å². The van der Waals surface area contributed by atoms with Crippen LogP contribution in [0.4, 0.5) is 18.9 Å². The molecule has 2 heterocycles.